The van der Waals surface area contributed by atoms with E-state index >= 15 is 0 Å². The van der Waals surface area contributed by atoms with E-state index in [9.17, 15) is 0 Å². The van der Waals surface area contributed by atoms with Crippen molar-refractivity contribution in [2.24, 2.45) is 4.99 Å². The summed E-state index contributed by atoms with van der Waals surface area (Å²) in [5.41, 5.74) is 1.96. The van der Waals surface area contributed by atoms with Gasteiger partial charge in [-0.1, -0.05) is 5.16 Å². The number of hydrogen-bond donors (Lipinski definition) is 2. The molecular formula is C16H24N4O3. The predicted molar refractivity (Wildman–Crippen MR) is 87.2 cm³/mol. The first-order valence-corrected chi connectivity index (χ1v) is 7.67. The van der Waals surface area contributed by atoms with E-state index in [2.05, 4.69) is 20.8 Å². The van der Waals surface area contributed by atoms with Gasteiger partial charge in [-0.25, -0.2) is 0 Å². The van der Waals surface area contributed by atoms with E-state index in [0.717, 1.165) is 41.7 Å². The number of rotatable bonds is 8. The zero-order valence-corrected chi connectivity index (χ0v) is 13.9. The lowest BCUT2D eigenvalue weighted by atomic mass is 10.2. The Bertz CT molecular complexity index is 585. The van der Waals surface area contributed by atoms with Gasteiger partial charge in [-0.05, 0) is 32.4 Å². The molecule has 0 saturated heterocycles. The number of ether oxygens (including phenoxy) is 1. The second-order valence-electron chi connectivity index (χ2n) is 5.14. The molecule has 0 aliphatic rings. The minimum atomic E-state index is 0.506. The predicted octanol–water partition coefficient (Wildman–Crippen LogP) is 2.16. The highest BCUT2D eigenvalue weighted by Crippen LogP contribution is 2.11. The van der Waals surface area contributed by atoms with E-state index in [1.165, 1.54) is 0 Å². The van der Waals surface area contributed by atoms with Gasteiger partial charge in [0.25, 0.3) is 0 Å². The van der Waals surface area contributed by atoms with Crippen LogP contribution in [-0.2, 0) is 17.9 Å². The molecule has 0 amide bonds. The summed E-state index contributed by atoms with van der Waals surface area (Å²) < 4.78 is 15.9. The molecule has 2 aromatic heterocycles. The molecule has 0 aliphatic carbocycles. The van der Waals surface area contributed by atoms with Gasteiger partial charge in [0.05, 0.1) is 12.0 Å². The van der Waals surface area contributed by atoms with E-state index in [0.29, 0.717) is 19.8 Å². The quantitative estimate of drug-likeness (QED) is 0.440. The van der Waals surface area contributed by atoms with Crippen molar-refractivity contribution in [3.8, 4) is 0 Å². The van der Waals surface area contributed by atoms with Crippen molar-refractivity contribution >= 4 is 5.96 Å². The Morgan fingerprint density at radius 2 is 2.22 bits per heavy atom. The van der Waals surface area contributed by atoms with Crippen molar-refractivity contribution in [3.63, 3.8) is 0 Å². The molecule has 126 valence electrons. The Kier molecular flexibility index (Phi) is 6.68. The maximum absolute atomic E-state index is 5.53. The Hall–Kier alpha value is -2.28. The van der Waals surface area contributed by atoms with Crippen molar-refractivity contribution in [1.82, 2.24) is 15.8 Å². The molecule has 0 spiro atoms. The molecule has 7 nitrogen and oxygen atoms in total. The maximum atomic E-state index is 5.53. The lowest BCUT2D eigenvalue weighted by Crippen LogP contribution is -2.37. The molecule has 2 heterocycles. The van der Waals surface area contributed by atoms with Crippen LogP contribution in [0, 0.1) is 13.8 Å². The van der Waals surface area contributed by atoms with Gasteiger partial charge in [0.1, 0.15) is 18.1 Å². The van der Waals surface area contributed by atoms with Gasteiger partial charge < -0.3 is 24.3 Å². The summed E-state index contributed by atoms with van der Waals surface area (Å²) in [5.74, 6) is 2.42. The second-order valence-corrected chi connectivity index (χ2v) is 5.14. The fraction of sp³-hybridized carbons (Fsp3) is 0.500. The molecule has 0 fully saturated rings. The largest absolute Gasteiger partial charge is 0.467 e. The van der Waals surface area contributed by atoms with Gasteiger partial charge in [0.2, 0.25) is 0 Å². The summed E-state index contributed by atoms with van der Waals surface area (Å²) >= 11 is 0. The molecular weight excluding hydrogens is 296 g/mol. The molecule has 0 unspecified atom stereocenters. The van der Waals surface area contributed by atoms with Crippen molar-refractivity contribution in [1.29, 1.82) is 0 Å². The van der Waals surface area contributed by atoms with Crippen LogP contribution in [-0.4, -0.2) is 31.3 Å². The van der Waals surface area contributed by atoms with Crippen LogP contribution in [0.5, 0.6) is 0 Å². The van der Waals surface area contributed by atoms with Crippen LogP contribution in [0.15, 0.2) is 32.3 Å². The third-order valence-corrected chi connectivity index (χ3v) is 3.42. The topological polar surface area (TPSA) is 84.8 Å². The maximum Gasteiger partial charge on any atom is 0.191 e. The number of aromatic nitrogens is 1. The standard InChI is InChI=1S/C16H24N4O3/c1-12-15(13(2)23-20-12)10-19-16(17-3)18-7-5-8-21-11-14-6-4-9-22-14/h4,6,9H,5,7-8,10-11H2,1-3H3,(H2,17,18,19). The molecule has 2 rings (SSSR count). The molecule has 23 heavy (non-hydrogen) atoms. The molecule has 2 aromatic rings. The average molecular weight is 320 g/mol. The minimum Gasteiger partial charge on any atom is -0.467 e. The summed E-state index contributed by atoms with van der Waals surface area (Å²) in [6.07, 6.45) is 2.53. The third kappa shape index (κ3) is 5.45. The zero-order valence-electron chi connectivity index (χ0n) is 13.9. The summed E-state index contributed by atoms with van der Waals surface area (Å²) in [6.45, 7) is 6.42. The van der Waals surface area contributed by atoms with Gasteiger partial charge >= 0.3 is 0 Å². The molecule has 7 heteroatoms. The number of hydrogen-bond acceptors (Lipinski definition) is 5. The minimum absolute atomic E-state index is 0.506. The molecule has 0 bridgehead atoms. The third-order valence-electron chi connectivity index (χ3n) is 3.42. The van der Waals surface area contributed by atoms with Gasteiger partial charge in [-0.15, -0.1) is 0 Å². The Labute approximate surface area is 136 Å². The van der Waals surface area contributed by atoms with Gasteiger partial charge in [0, 0.05) is 32.3 Å². The number of guanidine groups is 1. The number of nitrogens with zero attached hydrogens (tertiary/aromatic N) is 2. The van der Waals surface area contributed by atoms with E-state index in [4.69, 9.17) is 13.7 Å². The van der Waals surface area contributed by atoms with Crippen molar-refractivity contribution in [2.75, 3.05) is 20.2 Å². The van der Waals surface area contributed by atoms with E-state index < -0.39 is 0 Å². The fourth-order valence-electron chi connectivity index (χ4n) is 2.10. The molecule has 2 N–H and O–H groups in total. The first-order valence-electron chi connectivity index (χ1n) is 7.67. The SMILES string of the molecule is CN=C(NCCCOCc1ccco1)NCc1c(C)noc1C. The van der Waals surface area contributed by atoms with Crippen molar-refractivity contribution in [3.05, 3.63) is 41.2 Å². The molecule has 0 aromatic carbocycles. The van der Waals surface area contributed by atoms with Crippen molar-refractivity contribution < 1.29 is 13.7 Å². The summed E-state index contributed by atoms with van der Waals surface area (Å²) in [4.78, 5) is 4.19. The van der Waals surface area contributed by atoms with Crippen molar-refractivity contribution in [2.45, 2.75) is 33.4 Å². The number of nitrogens with one attached hydrogen (secondary N) is 2. The second kappa shape index (κ2) is 8.99. The van der Waals surface area contributed by atoms with Crippen LogP contribution < -0.4 is 10.6 Å². The van der Waals surface area contributed by atoms with E-state index in [1.54, 1.807) is 13.3 Å². The monoisotopic (exact) mass is 320 g/mol. The van der Waals surface area contributed by atoms with Crippen LogP contribution in [0.4, 0.5) is 0 Å². The summed E-state index contributed by atoms with van der Waals surface area (Å²) in [5, 5.41) is 10.4. The summed E-state index contributed by atoms with van der Waals surface area (Å²) in [7, 11) is 1.75. The highest BCUT2D eigenvalue weighted by atomic mass is 16.5. The lowest BCUT2D eigenvalue weighted by Gasteiger charge is -2.11. The lowest BCUT2D eigenvalue weighted by molar-refractivity contribution is 0.105. The van der Waals surface area contributed by atoms with Crippen LogP contribution in [0.3, 0.4) is 0 Å². The number of aliphatic imine (C=N–C) groups is 1. The Morgan fingerprint density at radius 3 is 2.87 bits per heavy atom. The van der Waals surface area contributed by atoms with Gasteiger partial charge in [-0.2, -0.15) is 0 Å². The van der Waals surface area contributed by atoms with E-state index in [-0.39, 0.29) is 0 Å². The smallest absolute Gasteiger partial charge is 0.191 e. The summed E-state index contributed by atoms with van der Waals surface area (Å²) in [6, 6.07) is 3.76. The first kappa shape index (κ1) is 17.1. The fourth-order valence-corrected chi connectivity index (χ4v) is 2.10. The van der Waals surface area contributed by atoms with Gasteiger partial charge in [-0.3, -0.25) is 4.99 Å². The molecule has 0 aliphatic heterocycles. The van der Waals surface area contributed by atoms with Crippen LogP contribution in [0.2, 0.25) is 0 Å². The number of furan rings is 1. The Balaban J connectivity index is 1.60. The highest BCUT2D eigenvalue weighted by molar-refractivity contribution is 5.79. The number of aryl methyl sites for hydroxylation is 2. The van der Waals surface area contributed by atoms with Crippen LogP contribution >= 0.6 is 0 Å². The van der Waals surface area contributed by atoms with Crippen LogP contribution in [0.1, 0.15) is 29.2 Å². The Morgan fingerprint density at radius 1 is 1.35 bits per heavy atom. The van der Waals surface area contributed by atoms with E-state index in [1.807, 2.05) is 26.0 Å². The zero-order chi connectivity index (χ0) is 16.5. The first-order chi connectivity index (χ1) is 11.2. The highest BCUT2D eigenvalue weighted by Gasteiger charge is 2.09. The molecule has 0 radical (unpaired) electrons. The molecule has 0 atom stereocenters. The van der Waals surface area contributed by atoms with Gasteiger partial charge in [0.15, 0.2) is 5.96 Å². The molecule has 0 saturated carbocycles. The van der Waals surface area contributed by atoms with Crippen LogP contribution in [0.25, 0.3) is 0 Å². The average Bonchev–Trinajstić information content (AvgIpc) is 3.17. The normalized spacial score (nSPS) is 11.7.